The minimum atomic E-state index is -0.139. The van der Waals surface area contributed by atoms with Crippen LogP contribution in [0.4, 0.5) is 5.69 Å². The van der Waals surface area contributed by atoms with Crippen LogP contribution >= 0.6 is 11.8 Å². The van der Waals surface area contributed by atoms with E-state index in [1.54, 1.807) is 24.9 Å². The van der Waals surface area contributed by atoms with Crippen molar-refractivity contribution in [3.05, 3.63) is 60.2 Å². The number of carbonyl (C=O) groups excluding carboxylic acids is 1. The summed E-state index contributed by atoms with van der Waals surface area (Å²) in [5.74, 6) is 1.63. The highest BCUT2D eigenvalue weighted by atomic mass is 32.2. The number of rotatable bonds is 6. The smallest absolute Gasteiger partial charge is 0.248 e. The van der Waals surface area contributed by atoms with Gasteiger partial charge >= 0.3 is 0 Å². The second-order valence-corrected chi connectivity index (χ2v) is 5.83. The first kappa shape index (κ1) is 16.2. The van der Waals surface area contributed by atoms with Crippen LogP contribution < -0.4 is 10.1 Å². The van der Waals surface area contributed by atoms with Gasteiger partial charge in [0.2, 0.25) is 5.91 Å². The molecule has 0 saturated heterocycles. The summed E-state index contributed by atoms with van der Waals surface area (Å²) in [6.07, 6.45) is 3.32. The second kappa shape index (κ2) is 8.29. The van der Waals surface area contributed by atoms with E-state index >= 15 is 0 Å². The lowest BCUT2D eigenvalue weighted by Gasteiger charge is -2.08. The summed E-state index contributed by atoms with van der Waals surface area (Å²) < 4.78 is 5.10. The van der Waals surface area contributed by atoms with Gasteiger partial charge in [-0.1, -0.05) is 31.2 Å². The van der Waals surface area contributed by atoms with Gasteiger partial charge < -0.3 is 10.1 Å². The van der Waals surface area contributed by atoms with Gasteiger partial charge in [0, 0.05) is 11.0 Å². The van der Waals surface area contributed by atoms with Crippen LogP contribution in [0.3, 0.4) is 0 Å². The van der Waals surface area contributed by atoms with Crippen molar-refractivity contribution in [2.75, 3.05) is 18.2 Å². The molecular formula is C18H19NO2S. The highest BCUT2D eigenvalue weighted by molar-refractivity contribution is 7.99. The number of thioether (sulfide) groups is 1. The summed E-state index contributed by atoms with van der Waals surface area (Å²) in [7, 11) is 1.63. The minimum absolute atomic E-state index is 0.139. The van der Waals surface area contributed by atoms with Crippen molar-refractivity contribution in [3.63, 3.8) is 0 Å². The second-order valence-electron chi connectivity index (χ2n) is 4.52. The molecule has 1 N–H and O–H groups in total. The third-order valence-electron chi connectivity index (χ3n) is 2.99. The maximum absolute atomic E-state index is 12.0. The summed E-state index contributed by atoms with van der Waals surface area (Å²) in [5.41, 5.74) is 1.80. The molecule has 2 aromatic carbocycles. The van der Waals surface area contributed by atoms with Crippen LogP contribution in [-0.4, -0.2) is 18.8 Å². The van der Waals surface area contributed by atoms with Gasteiger partial charge in [0.15, 0.2) is 0 Å². The molecule has 22 heavy (non-hydrogen) atoms. The van der Waals surface area contributed by atoms with E-state index in [9.17, 15) is 4.79 Å². The number of hydrogen-bond acceptors (Lipinski definition) is 3. The third kappa shape index (κ3) is 4.67. The summed E-state index contributed by atoms with van der Waals surface area (Å²) in [5, 5.41) is 2.92. The van der Waals surface area contributed by atoms with Crippen molar-refractivity contribution in [2.45, 2.75) is 11.8 Å². The maximum Gasteiger partial charge on any atom is 0.248 e. The zero-order valence-corrected chi connectivity index (χ0v) is 13.5. The number of anilines is 1. The molecule has 0 unspecified atom stereocenters. The van der Waals surface area contributed by atoms with Gasteiger partial charge in [-0.3, -0.25) is 4.79 Å². The third-order valence-corrected chi connectivity index (χ3v) is 3.94. The quantitative estimate of drug-likeness (QED) is 0.632. The Morgan fingerprint density at radius 3 is 2.59 bits per heavy atom. The number of carbonyl (C=O) groups is 1. The Balaban J connectivity index is 2.01. The molecule has 0 aromatic heterocycles. The molecule has 2 rings (SSSR count). The lowest BCUT2D eigenvalue weighted by molar-refractivity contribution is -0.111. The highest BCUT2D eigenvalue weighted by Gasteiger charge is 2.03. The molecule has 0 bridgehead atoms. The number of methoxy groups -OCH3 is 1. The molecule has 0 aliphatic rings. The van der Waals surface area contributed by atoms with Crippen molar-refractivity contribution in [3.8, 4) is 5.75 Å². The topological polar surface area (TPSA) is 38.3 Å². The first-order valence-corrected chi connectivity index (χ1v) is 8.06. The predicted molar refractivity (Wildman–Crippen MR) is 93.5 cm³/mol. The molecule has 0 aliphatic carbocycles. The first-order valence-electron chi connectivity index (χ1n) is 7.08. The summed E-state index contributed by atoms with van der Waals surface area (Å²) in [6.45, 7) is 2.09. The van der Waals surface area contributed by atoms with E-state index in [-0.39, 0.29) is 5.91 Å². The Hall–Kier alpha value is -2.20. The fourth-order valence-corrected chi connectivity index (χ4v) is 2.67. The van der Waals surface area contributed by atoms with Crippen LogP contribution in [0.1, 0.15) is 12.5 Å². The number of nitrogens with one attached hydrogen (secondary N) is 1. The van der Waals surface area contributed by atoms with Crippen LogP contribution in [0.15, 0.2) is 59.5 Å². The first-order chi connectivity index (χ1) is 10.7. The van der Waals surface area contributed by atoms with E-state index in [2.05, 4.69) is 12.2 Å². The Bertz CT molecular complexity index is 650. The Kier molecular flexibility index (Phi) is 6.10. The normalized spacial score (nSPS) is 10.6. The van der Waals surface area contributed by atoms with Crippen molar-refractivity contribution >= 4 is 29.4 Å². The zero-order valence-electron chi connectivity index (χ0n) is 12.7. The standard InChI is InChI=1S/C18H19NO2S/c1-3-22-17-7-5-4-6-16(17)19-18(20)13-10-14-8-11-15(21-2)12-9-14/h4-13H,3H2,1-2H3,(H,19,20)/b13-10+. The molecular weight excluding hydrogens is 294 g/mol. The molecule has 4 heteroatoms. The van der Waals surface area contributed by atoms with Gasteiger partial charge in [0.1, 0.15) is 5.75 Å². The van der Waals surface area contributed by atoms with Gasteiger partial charge in [0.25, 0.3) is 0 Å². The highest BCUT2D eigenvalue weighted by Crippen LogP contribution is 2.26. The van der Waals surface area contributed by atoms with Gasteiger partial charge in [0.05, 0.1) is 12.8 Å². The maximum atomic E-state index is 12.0. The van der Waals surface area contributed by atoms with Crippen LogP contribution in [0.25, 0.3) is 6.08 Å². The zero-order chi connectivity index (χ0) is 15.8. The number of hydrogen-bond donors (Lipinski definition) is 1. The lowest BCUT2D eigenvalue weighted by atomic mass is 10.2. The van der Waals surface area contributed by atoms with E-state index in [1.807, 2.05) is 48.5 Å². The van der Waals surface area contributed by atoms with Crippen molar-refractivity contribution < 1.29 is 9.53 Å². The SMILES string of the molecule is CCSc1ccccc1NC(=O)/C=C/c1ccc(OC)cc1. The molecule has 0 aliphatic heterocycles. The van der Waals surface area contributed by atoms with Gasteiger partial charge in [-0.2, -0.15) is 0 Å². The average molecular weight is 313 g/mol. The van der Waals surface area contributed by atoms with E-state index in [0.29, 0.717) is 0 Å². The number of amides is 1. The van der Waals surface area contributed by atoms with Crippen LogP contribution in [0.2, 0.25) is 0 Å². The van der Waals surface area contributed by atoms with E-state index in [4.69, 9.17) is 4.74 Å². The predicted octanol–water partition coefficient (Wildman–Crippen LogP) is 4.46. The van der Waals surface area contributed by atoms with E-state index < -0.39 is 0 Å². The summed E-state index contributed by atoms with van der Waals surface area (Å²) >= 11 is 1.71. The minimum Gasteiger partial charge on any atom is -0.497 e. The molecule has 2 aromatic rings. The van der Waals surface area contributed by atoms with Crippen LogP contribution in [0.5, 0.6) is 5.75 Å². The molecule has 0 radical (unpaired) electrons. The fourth-order valence-electron chi connectivity index (χ4n) is 1.91. The Labute approximate surface area is 135 Å². The molecule has 114 valence electrons. The summed E-state index contributed by atoms with van der Waals surface area (Å²) in [6, 6.07) is 15.4. The van der Waals surface area contributed by atoms with Crippen LogP contribution in [-0.2, 0) is 4.79 Å². The fraction of sp³-hybridized carbons (Fsp3) is 0.167. The van der Waals surface area contributed by atoms with Crippen molar-refractivity contribution in [1.29, 1.82) is 0 Å². The molecule has 0 saturated carbocycles. The number of benzene rings is 2. The van der Waals surface area contributed by atoms with E-state index in [1.165, 1.54) is 6.08 Å². The van der Waals surface area contributed by atoms with E-state index in [0.717, 1.165) is 27.6 Å². The molecule has 3 nitrogen and oxygen atoms in total. The molecule has 0 fully saturated rings. The van der Waals surface area contributed by atoms with Gasteiger partial charge in [-0.05, 0) is 41.7 Å². The molecule has 0 spiro atoms. The van der Waals surface area contributed by atoms with Crippen molar-refractivity contribution in [2.24, 2.45) is 0 Å². The molecule has 0 atom stereocenters. The lowest BCUT2D eigenvalue weighted by Crippen LogP contribution is -2.08. The van der Waals surface area contributed by atoms with Gasteiger partial charge in [-0.15, -0.1) is 11.8 Å². The van der Waals surface area contributed by atoms with Crippen LogP contribution in [0, 0.1) is 0 Å². The molecule has 0 heterocycles. The largest absolute Gasteiger partial charge is 0.497 e. The Morgan fingerprint density at radius 2 is 1.91 bits per heavy atom. The Morgan fingerprint density at radius 1 is 1.18 bits per heavy atom. The average Bonchev–Trinajstić information content (AvgIpc) is 2.55. The molecule has 1 amide bonds. The van der Waals surface area contributed by atoms with Crippen molar-refractivity contribution in [1.82, 2.24) is 0 Å². The van der Waals surface area contributed by atoms with Gasteiger partial charge in [-0.25, -0.2) is 0 Å². The monoisotopic (exact) mass is 313 g/mol. The number of para-hydroxylation sites is 1. The summed E-state index contributed by atoms with van der Waals surface area (Å²) in [4.78, 5) is 13.1. The number of ether oxygens (including phenoxy) is 1.